The molecule has 0 amide bonds. The summed E-state index contributed by atoms with van der Waals surface area (Å²) in [6, 6.07) is 7.17. The number of carbonyl (C=O) groups excluding carboxylic acids is 1. The molecule has 1 aromatic carbocycles. The van der Waals surface area contributed by atoms with Crippen molar-refractivity contribution in [3.05, 3.63) is 24.3 Å². The summed E-state index contributed by atoms with van der Waals surface area (Å²) in [6.45, 7) is 4.38. The highest BCUT2D eigenvalue weighted by Crippen LogP contribution is 2.18. The summed E-state index contributed by atoms with van der Waals surface area (Å²) in [5.74, 6) is 1.08. The molecule has 0 spiro atoms. The summed E-state index contributed by atoms with van der Waals surface area (Å²) in [5.41, 5.74) is 0. The van der Waals surface area contributed by atoms with Crippen LogP contribution in [-0.4, -0.2) is 12.6 Å². The lowest BCUT2D eigenvalue weighted by molar-refractivity contribution is -0.131. The molecule has 0 heterocycles. The fourth-order valence-electron chi connectivity index (χ4n) is 2.02. The van der Waals surface area contributed by atoms with E-state index in [1.54, 1.807) is 12.1 Å². The first-order valence-electron chi connectivity index (χ1n) is 7.63. The van der Waals surface area contributed by atoms with Crippen molar-refractivity contribution in [1.29, 1.82) is 0 Å². The standard InChI is InChI=1S/C17H26O3/c1-3-4-5-6-7-8-9-14-19-16-10-12-17(13-11-16)20-15(2)18/h10-13H,3-9,14H2,1-2H3. The maximum atomic E-state index is 10.8. The number of hydrogen-bond donors (Lipinski definition) is 0. The first-order valence-corrected chi connectivity index (χ1v) is 7.63. The highest BCUT2D eigenvalue weighted by Gasteiger charge is 1.99. The van der Waals surface area contributed by atoms with Gasteiger partial charge < -0.3 is 9.47 Å². The lowest BCUT2D eigenvalue weighted by atomic mass is 10.1. The number of unbranched alkanes of at least 4 members (excludes halogenated alkanes) is 6. The SMILES string of the molecule is CCCCCCCCCOc1ccc(OC(C)=O)cc1. The Kier molecular flexibility index (Phi) is 8.52. The van der Waals surface area contributed by atoms with Crippen LogP contribution >= 0.6 is 0 Å². The molecular weight excluding hydrogens is 252 g/mol. The second-order valence-corrected chi connectivity index (χ2v) is 5.03. The number of carbonyl (C=O) groups is 1. The molecule has 0 saturated heterocycles. The van der Waals surface area contributed by atoms with Crippen molar-refractivity contribution >= 4 is 5.97 Å². The van der Waals surface area contributed by atoms with E-state index in [1.807, 2.05) is 12.1 Å². The Bertz CT molecular complexity index is 370. The minimum absolute atomic E-state index is 0.304. The molecule has 0 aromatic heterocycles. The van der Waals surface area contributed by atoms with Gasteiger partial charge in [0, 0.05) is 6.92 Å². The lowest BCUT2D eigenvalue weighted by Crippen LogP contribution is -2.01. The van der Waals surface area contributed by atoms with Gasteiger partial charge in [0.25, 0.3) is 0 Å². The van der Waals surface area contributed by atoms with Crippen molar-refractivity contribution in [3.63, 3.8) is 0 Å². The number of esters is 1. The first-order chi connectivity index (χ1) is 9.72. The van der Waals surface area contributed by atoms with Gasteiger partial charge in [0.1, 0.15) is 11.5 Å². The molecule has 1 aromatic rings. The number of ether oxygens (including phenoxy) is 2. The molecule has 0 atom stereocenters. The Balaban J connectivity index is 2.08. The molecule has 20 heavy (non-hydrogen) atoms. The van der Waals surface area contributed by atoms with Crippen molar-refractivity contribution in [2.45, 2.75) is 58.8 Å². The van der Waals surface area contributed by atoms with Crippen LogP contribution in [0.1, 0.15) is 58.8 Å². The Labute approximate surface area is 122 Å². The topological polar surface area (TPSA) is 35.5 Å². The maximum Gasteiger partial charge on any atom is 0.308 e. The summed E-state index contributed by atoms with van der Waals surface area (Å²) < 4.78 is 10.6. The number of benzene rings is 1. The molecule has 0 aliphatic carbocycles. The fourth-order valence-corrected chi connectivity index (χ4v) is 2.02. The van der Waals surface area contributed by atoms with Crippen LogP contribution in [0.15, 0.2) is 24.3 Å². The van der Waals surface area contributed by atoms with Crippen LogP contribution in [0.5, 0.6) is 11.5 Å². The number of rotatable bonds is 10. The predicted octanol–water partition coefficient (Wildman–Crippen LogP) is 4.74. The molecule has 0 radical (unpaired) electrons. The van der Waals surface area contributed by atoms with Gasteiger partial charge in [0.15, 0.2) is 0 Å². The van der Waals surface area contributed by atoms with Crippen LogP contribution in [0, 0.1) is 0 Å². The van der Waals surface area contributed by atoms with Crippen molar-refractivity contribution < 1.29 is 14.3 Å². The van der Waals surface area contributed by atoms with Crippen LogP contribution in [0.4, 0.5) is 0 Å². The van der Waals surface area contributed by atoms with Crippen LogP contribution < -0.4 is 9.47 Å². The van der Waals surface area contributed by atoms with Gasteiger partial charge in [-0.3, -0.25) is 4.79 Å². The molecular formula is C17H26O3. The summed E-state index contributed by atoms with van der Waals surface area (Å²) in [4.78, 5) is 10.8. The van der Waals surface area contributed by atoms with Gasteiger partial charge in [-0.1, -0.05) is 45.4 Å². The van der Waals surface area contributed by atoms with E-state index in [-0.39, 0.29) is 5.97 Å². The largest absolute Gasteiger partial charge is 0.494 e. The molecule has 0 fully saturated rings. The minimum atomic E-state index is -0.304. The van der Waals surface area contributed by atoms with E-state index in [1.165, 1.54) is 45.4 Å². The van der Waals surface area contributed by atoms with Crippen molar-refractivity contribution in [2.75, 3.05) is 6.61 Å². The van der Waals surface area contributed by atoms with Gasteiger partial charge in [-0.15, -0.1) is 0 Å². The third kappa shape index (κ3) is 7.82. The quantitative estimate of drug-likeness (QED) is 0.352. The van der Waals surface area contributed by atoms with Gasteiger partial charge in [0.2, 0.25) is 0 Å². The zero-order valence-corrected chi connectivity index (χ0v) is 12.7. The monoisotopic (exact) mass is 278 g/mol. The molecule has 112 valence electrons. The molecule has 3 heteroatoms. The average molecular weight is 278 g/mol. The van der Waals surface area contributed by atoms with Crippen molar-refractivity contribution in [2.24, 2.45) is 0 Å². The van der Waals surface area contributed by atoms with Crippen LogP contribution in [0.25, 0.3) is 0 Å². The number of hydrogen-bond acceptors (Lipinski definition) is 3. The van der Waals surface area contributed by atoms with E-state index >= 15 is 0 Å². The zero-order chi connectivity index (χ0) is 14.6. The molecule has 0 bridgehead atoms. The van der Waals surface area contributed by atoms with Gasteiger partial charge in [-0.05, 0) is 30.7 Å². The molecule has 0 N–H and O–H groups in total. The maximum absolute atomic E-state index is 10.8. The van der Waals surface area contributed by atoms with Gasteiger partial charge in [-0.2, -0.15) is 0 Å². The van der Waals surface area contributed by atoms with E-state index in [2.05, 4.69) is 6.92 Å². The second-order valence-electron chi connectivity index (χ2n) is 5.03. The summed E-state index contributed by atoms with van der Waals surface area (Å²) in [6.07, 6.45) is 8.97. The predicted molar refractivity (Wildman–Crippen MR) is 81.2 cm³/mol. The lowest BCUT2D eigenvalue weighted by Gasteiger charge is -2.07. The highest BCUT2D eigenvalue weighted by atomic mass is 16.5. The van der Waals surface area contributed by atoms with E-state index in [9.17, 15) is 4.79 Å². The Morgan fingerprint density at radius 2 is 1.45 bits per heavy atom. The normalized spacial score (nSPS) is 10.3. The van der Waals surface area contributed by atoms with E-state index < -0.39 is 0 Å². The van der Waals surface area contributed by atoms with Crippen LogP contribution in [0.2, 0.25) is 0 Å². The Morgan fingerprint density at radius 1 is 0.900 bits per heavy atom. The van der Waals surface area contributed by atoms with E-state index in [4.69, 9.17) is 9.47 Å². The Hall–Kier alpha value is -1.51. The average Bonchev–Trinajstić information content (AvgIpc) is 2.43. The van der Waals surface area contributed by atoms with Crippen molar-refractivity contribution in [1.82, 2.24) is 0 Å². The minimum Gasteiger partial charge on any atom is -0.494 e. The fraction of sp³-hybridized carbons (Fsp3) is 0.588. The van der Waals surface area contributed by atoms with Gasteiger partial charge >= 0.3 is 5.97 Å². The van der Waals surface area contributed by atoms with E-state index in [0.717, 1.165) is 18.8 Å². The molecule has 0 aliphatic heterocycles. The van der Waals surface area contributed by atoms with E-state index in [0.29, 0.717) is 5.75 Å². The molecule has 1 rings (SSSR count). The van der Waals surface area contributed by atoms with Gasteiger partial charge in [-0.25, -0.2) is 0 Å². The molecule has 0 unspecified atom stereocenters. The van der Waals surface area contributed by atoms with Gasteiger partial charge in [0.05, 0.1) is 6.61 Å². The van der Waals surface area contributed by atoms with Crippen molar-refractivity contribution in [3.8, 4) is 11.5 Å². The summed E-state index contributed by atoms with van der Waals surface area (Å²) in [5, 5.41) is 0. The molecule has 0 aliphatic rings. The van der Waals surface area contributed by atoms with Crippen LogP contribution in [0.3, 0.4) is 0 Å². The highest BCUT2D eigenvalue weighted by molar-refractivity contribution is 5.69. The second kappa shape index (κ2) is 10.3. The smallest absolute Gasteiger partial charge is 0.308 e. The molecule has 0 saturated carbocycles. The molecule has 3 nitrogen and oxygen atoms in total. The summed E-state index contributed by atoms with van der Waals surface area (Å²) in [7, 11) is 0. The zero-order valence-electron chi connectivity index (χ0n) is 12.7. The summed E-state index contributed by atoms with van der Waals surface area (Å²) >= 11 is 0. The first kappa shape index (κ1) is 16.5. The van der Waals surface area contributed by atoms with Crippen LogP contribution in [-0.2, 0) is 4.79 Å². The third-order valence-corrected chi connectivity index (χ3v) is 3.10. The Morgan fingerprint density at radius 3 is 2.05 bits per heavy atom. The third-order valence-electron chi connectivity index (χ3n) is 3.10.